The van der Waals surface area contributed by atoms with Gasteiger partial charge in [-0.1, -0.05) is 12.1 Å². The molecule has 3 aliphatic rings. The quantitative estimate of drug-likeness (QED) is 0.0513. The lowest BCUT2D eigenvalue weighted by molar-refractivity contribution is -0.136. The summed E-state index contributed by atoms with van der Waals surface area (Å²) in [6, 6.07) is 13.3. The Morgan fingerprint density at radius 1 is 0.912 bits per heavy atom. The van der Waals surface area contributed by atoms with Gasteiger partial charge in [0.2, 0.25) is 29.6 Å². The van der Waals surface area contributed by atoms with Crippen molar-refractivity contribution in [1.82, 2.24) is 35.4 Å². The number of hydrogen-bond acceptors (Lipinski definition) is 15. The SMILES string of the molecule is CNC(=O)c1c(F)cccc1Nc1nc(Nc2cc3c(cc2OC)CCN3C(=O)CN(C)C(=O)CCOCCOCCNc2cccc3c2C(=O)N(C2CCC(=O)NC2=O)C3=O)nc2[nH]ccc12. The van der Waals surface area contributed by atoms with E-state index in [1.807, 2.05) is 6.07 Å². The number of methoxy groups -OCH3 is 1. The molecule has 22 heteroatoms. The van der Waals surface area contributed by atoms with Crippen molar-refractivity contribution < 1.29 is 52.2 Å². The Hall–Kier alpha value is -7.98. The smallest absolute Gasteiger partial charge is 0.264 e. The van der Waals surface area contributed by atoms with Crippen LogP contribution >= 0.6 is 0 Å². The minimum Gasteiger partial charge on any atom is -0.495 e. The lowest BCUT2D eigenvalue weighted by atomic mass is 10.0. The van der Waals surface area contributed by atoms with Gasteiger partial charge in [0.25, 0.3) is 17.7 Å². The number of carbonyl (C=O) groups excluding carboxylic acids is 7. The number of aromatic nitrogens is 3. The van der Waals surface area contributed by atoms with Crippen molar-refractivity contribution in [3.63, 3.8) is 0 Å². The van der Waals surface area contributed by atoms with Gasteiger partial charge in [0.15, 0.2) is 0 Å². The maximum absolute atomic E-state index is 14.8. The van der Waals surface area contributed by atoms with Crippen molar-refractivity contribution in [3.05, 3.63) is 88.9 Å². The lowest BCUT2D eigenvalue weighted by Crippen LogP contribution is -2.54. The highest BCUT2D eigenvalue weighted by Gasteiger charge is 2.45. The second kappa shape index (κ2) is 20.3. The first-order chi connectivity index (χ1) is 32.9. The number of piperidine rings is 1. The van der Waals surface area contributed by atoms with Crippen molar-refractivity contribution >= 4 is 86.9 Å². The van der Waals surface area contributed by atoms with Crippen LogP contribution in [-0.4, -0.2) is 139 Å². The molecule has 1 unspecified atom stereocenters. The number of anilines is 6. The van der Waals surface area contributed by atoms with Gasteiger partial charge in [-0.15, -0.1) is 0 Å². The van der Waals surface area contributed by atoms with Crippen molar-refractivity contribution in [2.24, 2.45) is 0 Å². The summed E-state index contributed by atoms with van der Waals surface area (Å²) >= 11 is 0. The first-order valence-corrected chi connectivity index (χ1v) is 21.8. The molecule has 5 heterocycles. The summed E-state index contributed by atoms with van der Waals surface area (Å²) in [5.74, 6) is -3.34. The molecule has 1 fully saturated rings. The van der Waals surface area contributed by atoms with E-state index in [2.05, 4.69) is 41.5 Å². The Morgan fingerprint density at radius 3 is 2.47 bits per heavy atom. The fourth-order valence-corrected chi connectivity index (χ4v) is 8.23. The van der Waals surface area contributed by atoms with Gasteiger partial charge in [-0.3, -0.25) is 43.8 Å². The molecule has 3 aliphatic heterocycles. The highest BCUT2D eigenvalue weighted by molar-refractivity contribution is 6.25. The van der Waals surface area contributed by atoms with E-state index < -0.39 is 41.4 Å². The van der Waals surface area contributed by atoms with Gasteiger partial charge in [-0.2, -0.15) is 9.97 Å². The number of nitrogens with zero attached hydrogens (tertiary/aromatic N) is 5. The maximum Gasteiger partial charge on any atom is 0.264 e. The average molecular weight is 934 g/mol. The number of rotatable bonds is 19. The summed E-state index contributed by atoms with van der Waals surface area (Å²) in [6.45, 7) is 1.24. The van der Waals surface area contributed by atoms with E-state index in [4.69, 9.17) is 14.2 Å². The molecule has 1 saturated heterocycles. The third-order valence-electron chi connectivity index (χ3n) is 11.6. The molecule has 7 amide bonds. The monoisotopic (exact) mass is 933 g/mol. The summed E-state index contributed by atoms with van der Waals surface area (Å²) in [4.78, 5) is 106. The highest BCUT2D eigenvalue weighted by atomic mass is 19.1. The molecule has 2 aromatic heterocycles. The number of amides is 7. The number of H-pyrrole nitrogens is 1. The third kappa shape index (κ3) is 9.62. The molecular weight excluding hydrogens is 886 g/mol. The number of benzene rings is 3. The Bertz CT molecular complexity index is 2840. The number of ether oxygens (including phenoxy) is 3. The van der Waals surface area contributed by atoms with Crippen LogP contribution in [0.4, 0.5) is 38.9 Å². The number of imide groups is 2. The van der Waals surface area contributed by atoms with Crippen LogP contribution in [0.15, 0.2) is 60.8 Å². The van der Waals surface area contributed by atoms with E-state index in [1.54, 1.807) is 48.5 Å². The Kier molecular flexibility index (Phi) is 13.9. The molecular formula is C46H48FN11O10. The van der Waals surface area contributed by atoms with Gasteiger partial charge >= 0.3 is 0 Å². The maximum atomic E-state index is 14.8. The molecule has 21 nitrogen and oxygen atoms in total. The second-order valence-corrected chi connectivity index (χ2v) is 15.9. The predicted octanol–water partition coefficient (Wildman–Crippen LogP) is 3.24. The number of halogens is 1. The van der Waals surface area contributed by atoms with Crippen LogP contribution in [0.3, 0.4) is 0 Å². The van der Waals surface area contributed by atoms with Crippen molar-refractivity contribution in [1.29, 1.82) is 0 Å². The van der Waals surface area contributed by atoms with Crippen LogP contribution in [0.5, 0.6) is 5.75 Å². The highest BCUT2D eigenvalue weighted by Crippen LogP contribution is 2.39. The van der Waals surface area contributed by atoms with Crippen LogP contribution in [0.1, 0.15) is 55.9 Å². The second-order valence-electron chi connectivity index (χ2n) is 15.9. The zero-order valence-corrected chi connectivity index (χ0v) is 37.3. The number of nitrogens with one attached hydrogen (secondary N) is 6. The van der Waals surface area contributed by atoms with E-state index in [0.717, 1.165) is 10.5 Å². The number of likely N-dealkylation sites (N-methyl/N-ethyl adjacent to an activating group) is 1. The molecule has 0 saturated carbocycles. The normalized spacial score (nSPS) is 15.3. The minimum absolute atomic E-state index is 0.0275. The molecule has 3 aromatic carbocycles. The minimum atomic E-state index is -1.06. The van der Waals surface area contributed by atoms with Crippen molar-refractivity contribution in [2.45, 2.75) is 31.7 Å². The summed E-state index contributed by atoms with van der Waals surface area (Å²) in [6.07, 6.45) is 2.35. The predicted molar refractivity (Wildman–Crippen MR) is 245 cm³/mol. The number of carbonyl (C=O) groups is 7. The fraction of sp³-hybridized carbons (Fsp3) is 0.326. The zero-order valence-electron chi connectivity index (χ0n) is 37.3. The summed E-state index contributed by atoms with van der Waals surface area (Å²) in [5.41, 5.74) is 3.15. The lowest BCUT2D eigenvalue weighted by Gasteiger charge is -2.27. The summed E-state index contributed by atoms with van der Waals surface area (Å²) < 4.78 is 31.7. The standard InChI is InChI=1S/C46H48FN11O10/c1-48-43(63)39-28(47)7-5-9-30(39)51-41-27-12-15-50-40(27)54-46(55-41)52-31-23-33-25(22-34(31)66-3)13-17-57(33)37(61)24-56(2)36(60)14-18-67-20-21-68-19-16-49-29-8-4-6-26-38(29)45(65)58(44(26)64)32-10-11-35(59)53-42(32)62/h4-9,12,15,22-23,32,49H,10-11,13-14,16-21,24H2,1-3H3,(H,48,63)(H,53,59,62)(H3,50,51,52,54,55). The molecule has 0 spiro atoms. The van der Waals surface area contributed by atoms with Crippen molar-refractivity contribution in [3.8, 4) is 5.75 Å². The third-order valence-corrected chi connectivity index (χ3v) is 11.6. The van der Waals surface area contributed by atoms with Gasteiger partial charge in [-0.05, 0) is 60.9 Å². The van der Waals surface area contributed by atoms with Gasteiger partial charge in [0, 0.05) is 51.2 Å². The zero-order chi connectivity index (χ0) is 48.1. The number of aromatic amines is 1. The van der Waals surface area contributed by atoms with E-state index in [1.165, 1.54) is 37.3 Å². The van der Waals surface area contributed by atoms with E-state index in [-0.39, 0.29) is 92.4 Å². The molecule has 354 valence electrons. The van der Waals surface area contributed by atoms with E-state index in [0.29, 0.717) is 59.2 Å². The molecule has 5 aromatic rings. The first kappa shape index (κ1) is 46.5. The molecule has 8 rings (SSSR count). The summed E-state index contributed by atoms with van der Waals surface area (Å²) in [5, 5.41) is 14.6. The van der Waals surface area contributed by atoms with Crippen LogP contribution in [0.2, 0.25) is 0 Å². The Morgan fingerprint density at radius 2 is 1.69 bits per heavy atom. The number of fused-ring (bicyclic) bond motifs is 3. The Labute approximate surface area is 388 Å². The molecule has 68 heavy (non-hydrogen) atoms. The fourth-order valence-electron chi connectivity index (χ4n) is 8.23. The first-order valence-electron chi connectivity index (χ1n) is 21.8. The molecule has 6 N–H and O–H groups in total. The summed E-state index contributed by atoms with van der Waals surface area (Å²) in [7, 11) is 4.48. The van der Waals surface area contributed by atoms with Crippen LogP contribution < -0.4 is 36.2 Å². The Balaban J connectivity index is 0.796. The molecule has 1 atom stereocenters. The largest absolute Gasteiger partial charge is 0.495 e. The van der Waals surface area contributed by atoms with Gasteiger partial charge in [-0.25, -0.2) is 4.39 Å². The topological polar surface area (TPSA) is 259 Å². The van der Waals surface area contributed by atoms with Crippen LogP contribution in [-0.2, 0) is 35.1 Å². The van der Waals surface area contributed by atoms with E-state index in [9.17, 15) is 38.0 Å². The van der Waals surface area contributed by atoms with Gasteiger partial charge < -0.3 is 50.3 Å². The van der Waals surface area contributed by atoms with Gasteiger partial charge in [0.05, 0.1) is 80.0 Å². The van der Waals surface area contributed by atoms with Crippen molar-refractivity contribution in [2.75, 3.05) is 88.1 Å². The average Bonchev–Trinajstić information content (AvgIpc) is 4.04. The molecule has 0 bridgehead atoms. The van der Waals surface area contributed by atoms with Crippen LogP contribution in [0, 0.1) is 5.82 Å². The van der Waals surface area contributed by atoms with Gasteiger partial charge in [0.1, 0.15) is 29.1 Å². The van der Waals surface area contributed by atoms with Crippen LogP contribution in [0.25, 0.3) is 11.0 Å². The number of hydrogen-bond donors (Lipinski definition) is 6. The van der Waals surface area contributed by atoms with E-state index >= 15 is 0 Å². The molecule has 0 aliphatic carbocycles. The molecule has 0 radical (unpaired) electrons.